The molecule has 6 heteroatoms. The maximum Gasteiger partial charge on any atom is 0.239 e. The van der Waals surface area contributed by atoms with Gasteiger partial charge in [-0.15, -0.1) is 0 Å². The molecule has 3 heterocycles. The van der Waals surface area contributed by atoms with E-state index in [9.17, 15) is 4.79 Å². The summed E-state index contributed by atoms with van der Waals surface area (Å²) in [7, 11) is 0. The number of hydrogen-bond donors (Lipinski definition) is 1. The van der Waals surface area contributed by atoms with Crippen LogP contribution < -0.4 is 10.5 Å². The highest BCUT2D eigenvalue weighted by molar-refractivity contribution is 6.30. The number of benzene rings is 1. The van der Waals surface area contributed by atoms with Gasteiger partial charge in [-0.05, 0) is 51.8 Å². The van der Waals surface area contributed by atoms with Gasteiger partial charge in [0.25, 0.3) is 0 Å². The number of carbonyl (C=O) groups excluding carboxylic acids is 1. The van der Waals surface area contributed by atoms with Gasteiger partial charge in [0.15, 0.2) is 0 Å². The SMILES string of the molecule is C[C@H](N)C(=O)N1CC[C@@H]2O[C@@H]3c4cc(Cl)ccc4OC(C)(C)[C@H]3C[C@@H]2C1. The highest BCUT2D eigenvalue weighted by Gasteiger charge is 2.51. The number of fused-ring (bicyclic) bond motifs is 4. The minimum atomic E-state index is -0.452. The fourth-order valence-corrected chi connectivity index (χ4v) is 4.95. The van der Waals surface area contributed by atoms with Crippen LogP contribution in [0.5, 0.6) is 5.75 Å². The van der Waals surface area contributed by atoms with Gasteiger partial charge >= 0.3 is 0 Å². The lowest BCUT2D eigenvalue weighted by molar-refractivity contribution is -0.188. The third kappa shape index (κ3) is 3.00. The number of nitrogens with two attached hydrogens (primary N) is 1. The number of rotatable bonds is 1. The van der Waals surface area contributed by atoms with Crippen molar-refractivity contribution < 1.29 is 14.3 Å². The summed E-state index contributed by atoms with van der Waals surface area (Å²) in [4.78, 5) is 14.2. The third-order valence-electron chi connectivity index (χ3n) is 6.15. The molecule has 2 fully saturated rings. The van der Waals surface area contributed by atoms with Gasteiger partial charge in [-0.3, -0.25) is 4.79 Å². The molecular formula is C20H27ClN2O3. The van der Waals surface area contributed by atoms with Crippen molar-refractivity contribution in [2.75, 3.05) is 13.1 Å². The third-order valence-corrected chi connectivity index (χ3v) is 6.39. The van der Waals surface area contributed by atoms with Gasteiger partial charge in [-0.2, -0.15) is 0 Å². The first-order valence-electron chi connectivity index (χ1n) is 9.44. The maximum absolute atomic E-state index is 12.3. The van der Waals surface area contributed by atoms with Gasteiger partial charge in [0.05, 0.1) is 18.2 Å². The molecule has 5 atom stereocenters. The highest BCUT2D eigenvalue weighted by Crippen LogP contribution is 2.53. The molecule has 0 aliphatic carbocycles. The molecule has 4 rings (SSSR count). The average molecular weight is 379 g/mol. The van der Waals surface area contributed by atoms with E-state index in [1.165, 1.54) is 0 Å². The normalized spacial score (nSPS) is 33.3. The quantitative estimate of drug-likeness (QED) is 0.815. The predicted molar refractivity (Wildman–Crippen MR) is 100 cm³/mol. The van der Waals surface area contributed by atoms with Crippen LogP contribution in [0.1, 0.15) is 45.3 Å². The van der Waals surface area contributed by atoms with Gasteiger partial charge in [0, 0.05) is 35.5 Å². The number of piperidine rings is 1. The Bertz CT molecular complexity index is 721. The zero-order chi connectivity index (χ0) is 18.6. The van der Waals surface area contributed by atoms with Gasteiger partial charge in [-0.1, -0.05) is 11.6 Å². The number of carbonyl (C=O) groups is 1. The van der Waals surface area contributed by atoms with E-state index in [0.29, 0.717) is 24.0 Å². The first-order valence-corrected chi connectivity index (χ1v) is 9.82. The molecule has 2 N–H and O–H groups in total. The van der Waals surface area contributed by atoms with E-state index in [-0.39, 0.29) is 29.6 Å². The van der Waals surface area contributed by atoms with Crippen LogP contribution in [0.2, 0.25) is 5.02 Å². The summed E-state index contributed by atoms with van der Waals surface area (Å²) < 4.78 is 12.9. The van der Waals surface area contributed by atoms with Gasteiger partial charge in [-0.25, -0.2) is 0 Å². The molecule has 26 heavy (non-hydrogen) atoms. The van der Waals surface area contributed by atoms with E-state index in [0.717, 1.165) is 24.2 Å². The fraction of sp³-hybridized carbons (Fsp3) is 0.650. The number of halogens is 1. The lowest BCUT2D eigenvalue weighted by Crippen LogP contribution is -2.57. The Hall–Kier alpha value is -1.30. The van der Waals surface area contributed by atoms with Crippen molar-refractivity contribution in [1.29, 1.82) is 0 Å². The summed E-state index contributed by atoms with van der Waals surface area (Å²) in [6.45, 7) is 7.42. The van der Waals surface area contributed by atoms with Crippen molar-refractivity contribution in [3.63, 3.8) is 0 Å². The maximum atomic E-state index is 12.3. The van der Waals surface area contributed by atoms with Gasteiger partial charge in [0.2, 0.25) is 5.91 Å². The zero-order valence-corrected chi connectivity index (χ0v) is 16.3. The van der Waals surface area contributed by atoms with Crippen LogP contribution in [-0.4, -0.2) is 41.6 Å². The molecule has 3 aliphatic rings. The number of nitrogens with zero attached hydrogens (tertiary/aromatic N) is 1. The Morgan fingerprint density at radius 3 is 2.92 bits per heavy atom. The van der Waals surface area contributed by atoms with E-state index in [2.05, 4.69) is 13.8 Å². The second-order valence-electron chi connectivity index (χ2n) is 8.45. The lowest BCUT2D eigenvalue weighted by Gasteiger charge is -2.53. The topological polar surface area (TPSA) is 64.8 Å². The minimum Gasteiger partial charge on any atom is -0.487 e. The summed E-state index contributed by atoms with van der Waals surface area (Å²) in [5.41, 5.74) is 6.52. The van der Waals surface area contributed by atoms with Gasteiger partial charge in [0.1, 0.15) is 11.4 Å². The monoisotopic (exact) mass is 378 g/mol. The van der Waals surface area contributed by atoms with E-state index in [4.69, 9.17) is 26.8 Å². The van der Waals surface area contributed by atoms with Crippen molar-refractivity contribution in [2.45, 2.75) is 57.5 Å². The number of likely N-dealkylation sites (tertiary alicyclic amines) is 1. The second-order valence-corrected chi connectivity index (χ2v) is 8.88. The summed E-state index contributed by atoms with van der Waals surface area (Å²) in [5, 5.41) is 0.703. The van der Waals surface area contributed by atoms with Crippen LogP contribution in [0.3, 0.4) is 0 Å². The molecule has 1 aromatic rings. The molecule has 5 nitrogen and oxygen atoms in total. The van der Waals surface area contributed by atoms with Crippen LogP contribution in [0.4, 0.5) is 0 Å². The summed E-state index contributed by atoms with van der Waals surface area (Å²) in [6, 6.07) is 5.32. The first kappa shape index (κ1) is 18.1. The standard InChI is InChI=1S/C20H27ClN2O3/c1-11(22)19(24)23-7-6-16-12(10-23)8-15-18(25-16)14-9-13(21)4-5-17(14)26-20(15,2)3/h4-5,9,11-12,15-16,18H,6-8,10,22H2,1-3H3/t11-,12+,15-,16-,18+/m0/s1. The molecule has 0 radical (unpaired) electrons. The Morgan fingerprint density at radius 1 is 1.42 bits per heavy atom. The van der Waals surface area contributed by atoms with Gasteiger partial charge < -0.3 is 20.1 Å². The smallest absolute Gasteiger partial charge is 0.239 e. The number of amides is 1. The van der Waals surface area contributed by atoms with Crippen LogP contribution in [0.25, 0.3) is 0 Å². The van der Waals surface area contributed by atoms with Crippen LogP contribution >= 0.6 is 11.6 Å². The molecule has 142 valence electrons. The molecule has 0 spiro atoms. The van der Waals surface area contributed by atoms with E-state index < -0.39 is 6.04 Å². The van der Waals surface area contributed by atoms with Crippen LogP contribution in [-0.2, 0) is 9.53 Å². The van der Waals surface area contributed by atoms with Crippen molar-refractivity contribution >= 4 is 17.5 Å². The Kier molecular flexibility index (Phi) is 4.45. The largest absolute Gasteiger partial charge is 0.487 e. The number of ether oxygens (including phenoxy) is 2. The fourth-order valence-electron chi connectivity index (χ4n) is 4.77. The van der Waals surface area contributed by atoms with Crippen molar-refractivity contribution in [2.24, 2.45) is 17.6 Å². The summed E-state index contributed by atoms with van der Waals surface area (Å²) in [5.74, 6) is 1.43. The van der Waals surface area contributed by atoms with Crippen molar-refractivity contribution in [1.82, 2.24) is 4.90 Å². The molecule has 0 unspecified atom stereocenters. The van der Waals surface area contributed by atoms with Crippen molar-refractivity contribution in [3.8, 4) is 5.75 Å². The minimum absolute atomic E-state index is 0.00983. The zero-order valence-electron chi connectivity index (χ0n) is 15.6. The average Bonchev–Trinajstić information content (AvgIpc) is 2.60. The summed E-state index contributed by atoms with van der Waals surface area (Å²) in [6.07, 6.45) is 1.97. The highest BCUT2D eigenvalue weighted by atomic mass is 35.5. The molecule has 3 aliphatic heterocycles. The van der Waals surface area contributed by atoms with Crippen molar-refractivity contribution in [3.05, 3.63) is 28.8 Å². The molecule has 1 amide bonds. The molecular weight excluding hydrogens is 352 g/mol. The Balaban J connectivity index is 1.60. The molecule has 0 bridgehead atoms. The molecule has 1 aromatic carbocycles. The second kappa shape index (κ2) is 6.39. The molecule has 0 saturated carbocycles. The Labute approximate surface area is 159 Å². The lowest BCUT2D eigenvalue weighted by atomic mass is 9.70. The van der Waals surface area contributed by atoms with E-state index >= 15 is 0 Å². The van der Waals surface area contributed by atoms with Crippen LogP contribution in [0.15, 0.2) is 18.2 Å². The predicted octanol–water partition coefficient (Wildman–Crippen LogP) is 3.15. The van der Waals surface area contributed by atoms with Crippen LogP contribution in [0, 0.1) is 11.8 Å². The first-order chi connectivity index (χ1) is 12.3. The number of hydrogen-bond acceptors (Lipinski definition) is 4. The van der Waals surface area contributed by atoms with E-state index in [1.807, 2.05) is 23.1 Å². The van der Waals surface area contributed by atoms with E-state index in [1.54, 1.807) is 6.92 Å². The molecule has 2 saturated heterocycles. The Morgan fingerprint density at radius 2 is 2.19 bits per heavy atom. The summed E-state index contributed by atoms with van der Waals surface area (Å²) >= 11 is 6.23. The molecule has 0 aromatic heterocycles.